The first kappa shape index (κ1) is 10.5. The van der Waals surface area contributed by atoms with Crippen molar-refractivity contribution in [3.05, 3.63) is 0 Å². The zero-order chi connectivity index (χ0) is 10.0. The Kier molecular flexibility index (Phi) is 3.27. The van der Waals surface area contributed by atoms with E-state index >= 15 is 0 Å². The Balaban J connectivity index is 2.60. The van der Waals surface area contributed by atoms with Gasteiger partial charge < -0.3 is 14.7 Å². The van der Waals surface area contributed by atoms with Gasteiger partial charge in [-0.05, 0) is 20.8 Å². The Labute approximate surface area is 78.5 Å². The van der Waals surface area contributed by atoms with Crippen molar-refractivity contribution in [1.29, 1.82) is 0 Å². The first-order chi connectivity index (χ1) is 6.02. The van der Waals surface area contributed by atoms with Gasteiger partial charge in [-0.2, -0.15) is 0 Å². The van der Waals surface area contributed by atoms with Gasteiger partial charge in [0.05, 0.1) is 18.8 Å². The molecule has 0 radical (unpaired) electrons. The minimum Gasteiger partial charge on any atom is -0.384 e. The second-order valence-electron chi connectivity index (χ2n) is 3.66. The summed E-state index contributed by atoms with van der Waals surface area (Å²) in [6.45, 7) is 6.47. The molecule has 1 rings (SSSR count). The van der Waals surface area contributed by atoms with E-state index in [0.717, 1.165) is 0 Å². The Morgan fingerprint density at radius 1 is 1.62 bits per heavy atom. The Morgan fingerprint density at radius 2 is 2.23 bits per heavy atom. The van der Waals surface area contributed by atoms with Crippen LogP contribution >= 0.6 is 0 Å². The number of aliphatic hydroxyl groups excluding tert-OH is 1. The minimum atomic E-state index is -0.909. The average molecular weight is 187 g/mol. The van der Waals surface area contributed by atoms with Crippen molar-refractivity contribution in [3.63, 3.8) is 0 Å². The van der Waals surface area contributed by atoms with E-state index in [9.17, 15) is 4.79 Å². The lowest BCUT2D eigenvalue weighted by Crippen LogP contribution is -2.52. The van der Waals surface area contributed by atoms with E-state index in [1.807, 2.05) is 13.8 Å². The third kappa shape index (κ3) is 2.42. The van der Waals surface area contributed by atoms with Crippen molar-refractivity contribution in [2.75, 3.05) is 13.2 Å². The van der Waals surface area contributed by atoms with Gasteiger partial charge in [-0.25, -0.2) is 0 Å². The molecule has 0 aromatic carbocycles. The number of amides is 1. The number of carbonyl (C=O) groups excluding carboxylic acids is 1. The lowest BCUT2D eigenvalue weighted by molar-refractivity contribution is -0.151. The Bertz CT molecular complexity index is 193. The standard InChI is InChI=1S/C9H17NO3/c1-6-5-13-7(2)4-10(6)9(12)8(3)11/h6-8,11H,4-5H2,1-3H3/t6?,7?,8-/m0/s1. The van der Waals surface area contributed by atoms with Crippen molar-refractivity contribution < 1.29 is 14.6 Å². The molecule has 1 aliphatic heterocycles. The highest BCUT2D eigenvalue weighted by atomic mass is 16.5. The van der Waals surface area contributed by atoms with Crippen LogP contribution in [0.2, 0.25) is 0 Å². The lowest BCUT2D eigenvalue weighted by atomic mass is 10.2. The first-order valence-corrected chi connectivity index (χ1v) is 4.62. The molecule has 0 aliphatic carbocycles. The zero-order valence-corrected chi connectivity index (χ0v) is 8.36. The quantitative estimate of drug-likeness (QED) is 0.628. The number of nitrogens with zero attached hydrogens (tertiary/aromatic N) is 1. The van der Waals surface area contributed by atoms with Crippen LogP contribution in [0.15, 0.2) is 0 Å². The fourth-order valence-electron chi connectivity index (χ4n) is 1.45. The SMILES string of the molecule is CC1CN(C(=O)[C@H](C)O)C(C)CO1. The topological polar surface area (TPSA) is 49.8 Å². The molecule has 1 N–H and O–H groups in total. The summed E-state index contributed by atoms with van der Waals surface area (Å²) in [7, 11) is 0. The molecule has 0 saturated carbocycles. The van der Waals surface area contributed by atoms with Crippen LogP contribution < -0.4 is 0 Å². The molecule has 13 heavy (non-hydrogen) atoms. The highest BCUT2D eigenvalue weighted by Crippen LogP contribution is 2.12. The monoisotopic (exact) mass is 187 g/mol. The highest BCUT2D eigenvalue weighted by Gasteiger charge is 2.29. The fraction of sp³-hybridized carbons (Fsp3) is 0.889. The van der Waals surface area contributed by atoms with Gasteiger partial charge in [0.15, 0.2) is 0 Å². The van der Waals surface area contributed by atoms with Crippen molar-refractivity contribution in [2.45, 2.75) is 39.0 Å². The minimum absolute atomic E-state index is 0.0679. The fourth-order valence-corrected chi connectivity index (χ4v) is 1.45. The van der Waals surface area contributed by atoms with Crippen molar-refractivity contribution >= 4 is 5.91 Å². The van der Waals surface area contributed by atoms with E-state index in [-0.39, 0.29) is 18.1 Å². The number of hydrogen-bond acceptors (Lipinski definition) is 3. The van der Waals surface area contributed by atoms with Gasteiger partial charge in [-0.1, -0.05) is 0 Å². The second kappa shape index (κ2) is 4.07. The summed E-state index contributed by atoms with van der Waals surface area (Å²) in [4.78, 5) is 13.2. The van der Waals surface area contributed by atoms with Crippen molar-refractivity contribution in [3.8, 4) is 0 Å². The van der Waals surface area contributed by atoms with Crippen LogP contribution in [0.1, 0.15) is 20.8 Å². The summed E-state index contributed by atoms with van der Waals surface area (Å²) < 4.78 is 5.37. The molecular weight excluding hydrogens is 170 g/mol. The van der Waals surface area contributed by atoms with E-state index in [0.29, 0.717) is 13.2 Å². The maximum absolute atomic E-state index is 11.5. The molecule has 1 aliphatic rings. The molecular formula is C9H17NO3. The summed E-state index contributed by atoms with van der Waals surface area (Å²) in [5, 5.41) is 9.15. The molecule has 4 nitrogen and oxygen atoms in total. The number of hydrogen-bond donors (Lipinski definition) is 1. The first-order valence-electron chi connectivity index (χ1n) is 4.62. The molecule has 1 amide bonds. The highest BCUT2D eigenvalue weighted by molar-refractivity contribution is 5.80. The van der Waals surface area contributed by atoms with E-state index < -0.39 is 6.10 Å². The summed E-state index contributed by atoms with van der Waals surface area (Å²) in [6.07, 6.45) is -0.841. The molecule has 0 aromatic heterocycles. The maximum atomic E-state index is 11.5. The van der Waals surface area contributed by atoms with Gasteiger partial charge >= 0.3 is 0 Å². The normalized spacial score (nSPS) is 31.5. The third-order valence-electron chi connectivity index (χ3n) is 2.25. The third-order valence-corrected chi connectivity index (χ3v) is 2.25. The number of rotatable bonds is 1. The summed E-state index contributed by atoms with van der Waals surface area (Å²) >= 11 is 0. The van der Waals surface area contributed by atoms with Crippen LogP contribution in [0.3, 0.4) is 0 Å². The lowest BCUT2D eigenvalue weighted by Gasteiger charge is -2.37. The van der Waals surface area contributed by atoms with Gasteiger partial charge in [0.1, 0.15) is 6.10 Å². The van der Waals surface area contributed by atoms with E-state index in [2.05, 4.69) is 0 Å². The van der Waals surface area contributed by atoms with Crippen LogP contribution in [0.5, 0.6) is 0 Å². The maximum Gasteiger partial charge on any atom is 0.251 e. The number of ether oxygens (including phenoxy) is 1. The predicted octanol–water partition coefficient (Wildman–Crippen LogP) is 0.00300. The summed E-state index contributed by atoms with van der Waals surface area (Å²) in [5.41, 5.74) is 0. The van der Waals surface area contributed by atoms with Gasteiger partial charge in [-0.15, -0.1) is 0 Å². The molecule has 1 saturated heterocycles. The smallest absolute Gasteiger partial charge is 0.251 e. The largest absolute Gasteiger partial charge is 0.384 e. The molecule has 1 heterocycles. The van der Waals surface area contributed by atoms with Gasteiger partial charge in [-0.3, -0.25) is 4.79 Å². The van der Waals surface area contributed by atoms with Gasteiger partial charge in [0.25, 0.3) is 5.91 Å². The van der Waals surface area contributed by atoms with Crippen LogP contribution in [-0.2, 0) is 9.53 Å². The average Bonchev–Trinajstić information content (AvgIpc) is 2.08. The molecule has 3 atom stereocenters. The predicted molar refractivity (Wildman–Crippen MR) is 48.3 cm³/mol. The zero-order valence-electron chi connectivity index (χ0n) is 8.36. The molecule has 0 spiro atoms. The molecule has 2 unspecified atom stereocenters. The van der Waals surface area contributed by atoms with Crippen LogP contribution in [0.4, 0.5) is 0 Å². The van der Waals surface area contributed by atoms with Crippen molar-refractivity contribution in [2.24, 2.45) is 0 Å². The van der Waals surface area contributed by atoms with Crippen LogP contribution in [0.25, 0.3) is 0 Å². The van der Waals surface area contributed by atoms with Crippen molar-refractivity contribution in [1.82, 2.24) is 4.90 Å². The Morgan fingerprint density at radius 3 is 2.77 bits per heavy atom. The molecule has 1 fully saturated rings. The number of aliphatic hydroxyl groups is 1. The number of carbonyl (C=O) groups is 1. The summed E-state index contributed by atoms with van der Waals surface area (Å²) in [6, 6.07) is 0.0679. The molecule has 0 aromatic rings. The van der Waals surface area contributed by atoms with Gasteiger partial charge in [0, 0.05) is 6.54 Å². The Hall–Kier alpha value is -0.610. The van der Waals surface area contributed by atoms with Crippen LogP contribution in [0, 0.1) is 0 Å². The molecule has 4 heteroatoms. The number of morpholine rings is 1. The summed E-state index contributed by atoms with van der Waals surface area (Å²) in [5.74, 6) is -0.206. The van der Waals surface area contributed by atoms with Gasteiger partial charge in [0.2, 0.25) is 0 Å². The van der Waals surface area contributed by atoms with E-state index in [1.54, 1.807) is 4.90 Å². The second-order valence-corrected chi connectivity index (χ2v) is 3.66. The molecule has 76 valence electrons. The van der Waals surface area contributed by atoms with Crippen LogP contribution in [-0.4, -0.2) is 47.3 Å². The van der Waals surface area contributed by atoms with E-state index in [4.69, 9.17) is 9.84 Å². The molecule has 0 bridgehead atoms. The van der Waals surface area contributed by atoms with E-state index in [1.165, 1.54) is 6.92 Å².